The lowest BCUT2D eigenvalue weighted by Gasteiger charge is -2.29. The first kappa shape index (κ1) is 17.4. The van der Waals surface area contributed by atoms with Crippen molar-refractivity contribution in [3.05, 3.63) is 52.7 Å². The van der Waals surface area contributed by atoms with Crippen LogP contribution in [0.5, 0.6) is 5.88 Å². The summed E-state index contributed by atoms with van der Waals surface area (Å²) in [5.41, 5.74) is 3.19. The molecule has 3 aliphatic rings. The molecule has 1 aliphatic carbocycles. The molecule has 7 heteroatoms. The Labute approximate surface area is 157 Å². The van der Waals surface area contributed by atoms with Gasteiger partial charge in [-0.1, -0.05) is 0 Å². The van der Waals surface area contributed by atoms with Gasteiger partial charge in [-0.3, -0.25) is 4.79 Å². The number of methoxy groups -OCH3 is 1. The van der Waals surface area contributed by atoms with Gasteiger partial charge in [-0.05, 0) is 36.4 Å². The largest absolute Gasteiger partial charge is 0.480 e. The second-order valence-electron chi connectivity index (χ2n) is 6.25. The number of benzene rings is 2. The second-order valence-corrected chi connectivity index (χ2v) is 6.25. The smallest absolute Gasteiger partial charge is 0.239 e. The van der Waals surface area contributed by atoms with Gasteiger partial charge in [-0.2, -0.15) is 0 Å². The van der Waals surface area contributed by atoms with Crippen LogP contribution >= 0.6 is 0 Å². The third-order valence-electron chi connectivity index (χ3n) is 4.68. The Bertz CT molecular complexity index is 962. The lowest BCUT2D eigenvalue weighted by Crippen LogP contribution is -2.36. The third-order valence-corrected chi connectivity index (χ3v) is 4.68. The molecule has 7 nitrogen and oxygen atoms in total. The van der Waals surface area contributed by atoms with Gasteiger partial charge >= 0.3 is 0 Å². The highest BCUT2D eigenvalue weighted by molar-refractivity contribution is 5.71. The highest BCUT2D eigenvalue weighted by atomic mass is 16.7. The molecule has 1 saturated heterocycles. The average molecular weight is 367 g/mol. The van der Waals surface area contributed by atoms with Crippen LogP contribution in [0.3, 0.4) is 0 Å². The molecule has 140 valence electrons. The Morgan fingerprint density at radius 1 is 1.04 bits per heavy atom. The second kappa shape index (κ2) is 7.28. The van der Waals surface area contributed by atoms with E-state index in [1.165, 1.54) is 16.9 Å². The van der Waals surface area contributed by atoms with Crippen molar-refractivity contribution in [2.75, 3.05) is 45.4 Å². The number of fused-ring (bicyclic) bond motifs is 1. The number of morpholine rings is 1. The Balaban J connectivity index is 1.80. The Hall–Kier alpha value is -3.06. The van der Waals surface area contributed by atoms with Gasteiger partial charge in [-0.15, -0.1) is 4.73 Å². The van der Waals surface area contributed by atoms with Crippen molar-refractivity contribution in [3.63, 3.8) is 0 Å². The lowest BCUT2D eigenvalue weighted by atomic mass is 10.1. The van der Waals surface area contributed by atoms with Gasteiger partial charge in [0.15, 0.2) is 11.3 Å². The molecule has 0 aromatic heterocycles. The minimum Gasteiger partial charge on any atom is -0.480 e. The van der Waals surface area contributed by atoms with E-state index in [1.807, 2.05) is 12.1 Å². The van der Waals surface area contributed by atoms with Gasteiger partial charge in [0.2, 0.25) is 5.88 Å². The molecule has 1 fully saturated rings. The van der Waals surface area contributed by atoms with Crippen LogP contribution in [-0.2, 0) is 4.74 Å². The third kappa shape index (κ3) is 3.21. The van der Waals surface area contributed by atoms with Crippen LogP contribution in [0, 0.1) is 0 Å². The molecule has 0 saturated carbocycles. The molecule has 0 spiro atoms. The SMILES string of the molecule is COc1c2ccc(=O)cc-2nc(-c2ccc(N3CCOCC3)cc2)n1OC. The number of hydrogen-bond acceptors (Lipinski definition) is 6. The maximum atomic E-state index is 11.8. The quantitative estimate of drug-likeness (QED) is 0.702. The summed E-state index contributed by atoms with van der Waals surface area (Å²) < 4.78 is 12.5. The van der Waals surface area contributed by atoms with Crippen LogP contribution < -0.4 is 19.9 Å². The molecular weight excluding hydrogens is 346 g/mol. The summed E-state index contributed by atoms with van der Waals surface area (Å²) in [6.45, 7) is 3.25. The Kier molecular flexibility index (Phi) is 4.68. The van der Waals surface area contributed by atoms with Gasteiger partial charge in [0.05, 0.1) is 31.6 Å². The van der Waals surface area contributed by atoms with Crippen LogP contribution in [0.15, 0.2) is 47.3 Å². The van der Waals surface area contributed by atoms with E-state index in [1.54, 1.807) is 20.3 Å². The highest BCUT2D eigenvalue weighted by Gasteiger charge is 2.21. The van der Waals surface area contributed by atoms with Crippen LogP contribution in [0.1, 0.15) is 0 Å². The van der Waals surface area contributed by atoms with Gasteiger partial charge in [0.1, 0.15) is 7.11 Å². The maximum absolute atomic E-state index is 11.8. The Morgan fingerprint density at radius 3 is 2.44 bits per heavy atom. The maximum Gasteiger partial charge on any atom is 0.239 e. The monoisotopic (exact) mass is 367 g/mol. The van der Waals surface area contributed by atoms with Crippen LogP contribution in [0.2, 0.25) is 0 Å². The van der Waals surface area contributed by atoms with Crippen molar-refractivity contribution in [1.82, 2.24) is 9.71 Å². The first-order valence-electron chi connectivity index (χ1n) is 8.79. The van der Waals surface area contributed by atoms with Gasteiger partial charge in [0.25, 0.3) is 0 Å². The van der Waals surface area contributed by atoms with E-state index >= 15 is 0 Å². The fourth-order valence-corrected chi connectivity index (χ4v) is 3.34. The molecule has 2 heterocycles. The molecule has 0 bridgehead atoms. The normalized spacial score (nSPS) is 14.4. The topological polar surface area (TPSA) is 65.8 Å². The van der Waals surface area contributed by atoms with Crippen LogP contribution in [0.25, 0.3) is 22.6 Å². The van der Waals surface area contributed by atoms with E-state index in [4.69, 9.17) is 14.3 Å². The van der Waals surface area contributed by atoms with E-state index in [0.29, 0.717) is 23.0 Å². The first-order valence-corrected chi connectivity index (χ1v) is 8.79. The van der Waals surface area contributed by atoms with E-state index in [9.17, 15) is 4.79 Å². The molecule has 0 atom stereocenters. The highest BCUT2D eigenvalue weighted by Crippen LogP contribution is 2.33. The molecule has 0 amide bonds. The predicted molar refractivity (Wildman–Crippen MR) is 103 cm³/mol. The number of aromatic nitrogens is 2. The summed E-state index contributed by atoms with van der Waals surface area (Å²) in [5, 5.41) is 0. The molecular formula is C20H21N3O4. The molecule has 1 aromatic rings. The van der Waals surface area contributed by atoms with Crippen molar-refractivity contribution < 1.29 is 14.3 Å². The fraction of sp³-hybridized carbons (Fsp3) is 0.300. The number of hydrogen-bond donors (Lipinski definition) is 0. The number of nitrogens with zero attached hydrogens (tertiary/aromatic N) is 3. The number of ether oxygens (including phenoxy) is 2. The molecule has 27 heavy (non-hydrogen) atoms. The zero-order chi connectivity index (χ0) is 18.8. The van der Waals surface area contributed by atoms with E-state index in [2.05, 4.69) is 22.0 Å². The minimum absolute atomic E-state index is 0.0964. The van der Waals surface area contributed by atoms with E-state index < -0.39 is 0 Å². The summed E-state index contributed by atoms with van der Waals surface area (Å²) >= 11 is 0. The Morgan fingerprint density at radius 2 is 1.78 bits per heavy atom. The van der Waals surface area contributed by atoms with Crippen molar-refractivity contribution in [2.24, 2.45) is 0 Å². The van der Waals surface area contributed by atoms with Crippen LogP contribution in [0.4, 0.5) is 5.69 Å². The zero-order valence-corrected chi connectivity index (χ0v) is 15.3. The van der Waals surface area contributed by atoms with Gasteiger partial charge < -0.3 is 19.2 Å². The summed E-state index contributed by atoms with van der Waals surface area (Å²) in [6, 6.07) is 12.8. The van der Waals surface area contributed by atoms with Crippen molar-refractivity contribution in [2.45, 2.75) is 0 Å². The van der Waals surface area contributed by atoms with E-state index in [-0.39, 0.29) is 5.43 Å². The summed E-state index contributed by atoms with van der Waals surface area (Å²) in [4.78, 5) is 24.2. The number of rotatable bonds is 4. The molecule has 0 unspecified atom stereocenters. The summed E-state index contributed by atoms with van der Waals surface area (Å²) in [5.74, 6) is 1.07. The fourth-order valence-electron chi connectivity index (χ4n) is 3.34. The van der Waals surface area contributed by atoms with E-state index in [0.717, 1.165) is 37.6 Å². The molecule has 4 rings (SSSR count). The molecule has 1 aromatic carbocycles. The van der Waals surface area contributed by atoms with Gasteiger partial charge in [-0.25, -0.2) is 4.98 Å². The van der Waals surface area contributed by atoms with Gasteiger partial charge in [0, 0.05) is 30.4 Å². The predicted octanol–water partition coefficient (Wildman–Crippen LogP) is 1.92. The lowest BCUT2D eigenvalue weighted by molar-refractivity contribution is 0.122. The van der Waals surface area contributed by atoms with Crippen LogP contribution in [-0.4, -0.2) is 50.2 Å². The first-order chi connectivity index (χ1) is 13.2. The molecule has 0 radical (unpaired) electrons. The van der Waals surface area contributed by atoms with Crippen molar-refractivity contribution in [3.8, 4) is 28.5 Å². The summed E-state index contributed by atoms with van der Waals surface area (Å²) in [7, 11) is 3.13. The zero-order valence-electron chi connectivity index (χ0n) is 15.3. The summed E-state index contributed by atoms with van der Waals surface area (Å²) in [6.07, 6.45) is 0. The standard InChI is InChI=1S/C20H21N3O4/c1-25-20-17-8-7-16(24)13-18(17)21-19(23(20)26-2)14-3-5-15(6-4-14)22-9-11-27-12-10-22/h3-8,13H,9-12H2,1-2H3. The van der Waals surface area contributed by atoms with Crippen molar-refractivity contribution >= 4 is 5.69 Å². The number of anilines is 1. The average Bonchev–Trinajstić information content (AvgIpc) is 2.73. The van der Waals surface area contributed by atoms with Crippen molar-refractivity contribution in [1.29, 1.82) is 0 Å². The molecule has 2 aliphatic heterocycles. The minimum atomic E-state index is -0.0964. The molecule has 0 N–H and O–H groups in total.